The molecule has 3 nitrogen and oxygen atoms in total. The minimum absolute atomic E-state index is 0.0220. The van der Waals surface area contributed by atoms with Crippen molar-refractivity contribution in [2.75, 3.05) is 6.54 Å². The van der Waals surface area contributed by atoms with Crippen LogP contribution in [0.5, 0.6) is 0 Å². The molecule has 0 saturated heterocycles. The number of H-pyrrole nitrogens is 1. The summed E-state index contributed by atoms with van der Waals surface area (Å²) in [6.07, 6.45) is 4.19. The monoisotopic (exact) mass is 358 g/mol. The van der Waals surface area contributed by atoms with Crippen molar-refractivity contribution in [2.24, 2.45) is 0 Å². The highest BCUT2D eigenvalue weighted by molar-refractivity contribution is 6.31. The molecule has 1 aliphatic carbocycles. The van der Waals surface area contributed by atoms with E-state index in [1.54, 1.807) is 24.3 Å². The van der Waals surface area contributed by atoms with Gasteiger partial charge in [-0.1, -0.05) is 29.3 Å². The summed E-state index contributed by atoms with van der Waals surface area (Å²) in [5.41, 5.74) is 2.94. The van der Waals surface area contributed by atoms with Gasteiger partial charge in [0.2, 0.25) is 0 Å². The van der Waals surface area contributed by atoms with Crippen molar-refractivity contribution in [2.45, 2.75) is 18.3 Å². The second-order valence-electron chi connectivity index (χ2n) is 6.36. The summed E-state index contributed by atoms with van der Waals surface area (Å²) in [5, 5.41) is 5.59. The van der Waals surface area contributed by atoms with E-state index >= 15 is 0 Å². The number of hydrogen-bond acceptors (Lipinski definition) is 1. The third-order valence-corrected chi connectivity index (χ3v) is 5.25. The van der Waals surface area contributed by atoms with Gasteiger partial charge in [-0.3, -0.25) is 4.79 Å². The number of rotatable bonds is 4. The highest BCUT2D eigenvalue weighted by Crippen LogP contribution is 2.50. The number of hydrogen-bond donors (Lipinski definition) is 2. The Balaban J connectivity index is 1.53. The van der Waals surface area contributed by atoms with Crippen molar-refractivity contribution in [1.82, 2.24) is 10.3 Å². The normalized spacial score (nSPS) is 15.4. The van der Waals surface area contributed by atoms with Gasteiger partial charge in [0.1, 0.15) is 0 Å². The van der Waals surface area contributed by atoms with Gasteiger partial charge in [0.05, 0.1) is 0 Å². The Morgan fingerprint density at radius 3 is 2.50 bits per heavy atom. The zero-order chi connectivity index (χ0) is 16.7. The summed E-state index contributed by atoms with van der Waals surface area (Å²) in [4.78, 5) is 15.6. The highest BCUT2D eigenvalue weighted by Gasteiger charge is 2.45. The molecule has 0 unspecified atom stereocenters. The average molecular weight is 359 g/mol. The van der Waals surface area contributed by atoms with Crippen LogP contribution in [0.4, 0.5) is 0 Å². The number of carbonyl (C=O) groups is 1. The second-order valence-corrected chi connectivity index (χ2v) is 7.24. The van der Waals surface area contributed by atoms with Crippen LogP contribution in [0.1, 0.15) is 28.8 Å². The Hall–Kier alpha value is -1.97. The SMILES string of the molecule is O=C(NCC1(c2c[nH]c3cc(Cl)ccc23)CC1)c1ccc(Cl)cc1. The Labute approximate surface area is 150 Å². The number of carbonyl (C=O) groups excluding carboxylic acids is 1. The molecule has 0 spiro atoms. The summed E-state index contributed by atoms with van der Waals surface area (Å²) in [7, 11) is 0. The van der Waals surface area contributed by atoms with Crippen LogP contribution < -0.4 is 5.32 Å². The molecular weight excluding hydrogens is 343 g/mol. The lowest BCUT2D eigenvalue weighted by atomic mass is 9.95. The van der Waals surface area contributed by atoms with E-state index in [9.17, 15) is 4.79 Å². The standard InChI is InChI=1S/C19H16Cl2N2O/c20-13-3-1-12(2-4-13)18(24)23-11-19(7-8-19)16-10-22-17-9-14(21)5-6-15(16)17/h1-6,9-10,22H,7-8,11H2,(H,23,24). The van der Waals surface area contributed by atoms with Gasteiger partial charge in [0.15, 0.2) is 0 Å². The maximum absolute atomic E-state index is 12.3. The van der Waals surface area contributed by atoms with Crippen molar-refractivity contribution in [1.29, 1.82) is 0 Å². The minimum atomic E-state index is -0.0687. The number of benzene rings is 2. The first-order chi connectivity index (χ1) is 11.6. The van der Waals surface area contributed by atoms with Crippen LogP contribution in [-0.2, 0) is 5.41 Å². The van der Waals surface area contributed by atoms with E-state index in [-0.39, 0.29) is 11.3 Å². The zero-order valence-electron chi connectivity index (χ0n) is 12.9. The van der Waals surface area contributed by atoms with E-state index in [0.29, 0.717) is 17.1 Å². The Morgan fingerprint density at radius 2 is 1.79 bits per heavy atom. The lowest BCUT2D eigenvalue weighted by Crippen LogP contribution is -2.32. The maximum atomic E-state index is 12.3. The van der Waals surface area contributed by atoms with Crippen molar-refractivity contribution in [3.05, 3.63) is 69.8 Å². The Morgan fingerprint density at radius 1 is 1.08 bits per heavy atom. The van der Waals surface area contributed by atoms with Crippen LogP contribution in [0, 0.1) is 0 Å². The van der Waals surface area contributed by atoms with Gasteiger partial charge in [-0.15, -0.1) is 0 Å². The number of halogens is 2. The second kappa shape index (κ2) is 5.83. The van der Waals surface area contributed by atoms with Crippen molar-refractivity contribution in [3.8, 4) is 0 Å². The molecule has 0 bridgehead atoms. The molecule has 1 aliphatic rings. The smallest absolute Gasteiger partial charge is 0.251 e. The molecule has 1 heterocycles. The molecule has 5 heteroatoms. The average Bonchev–Trinajstić information content (AvgIpc) is 3.25. The predicted molar refractivity (Wildman–Crippen MR) is 98.0 cm³/mol. The van der Waals surface area contributed by atoms with Gasteiger partial charge < -0.3 is 10.3 Å². The van der Waals surface area contributed by atoms with Crippen LogP contribution in [0.15, 0.2) is 48.7 Å². The third kappa shape index (κ3) is 2.79. The number of amides is 1. The van der Waals surface area contributed by atoms with E-state index in [4.69, 9.17) is 23.2 Å². The summed E-state index contributed by atoms with van der Waals surface area (Å²) >= 11 is 11.9. The van der Waals surface area contributed by atoms with Gasteiger partial charge in [-0.25, -0.2) is 0 Å². The topological polar surface area (TPSA) is 44.9 Å². The first kappa shape index (κ1) is 15.6. The van der Waals surface area contributed by atoms with E-state index < -0.39 is 0 Å². The molecule has 3 aromatic rings. The molecule has 1 amide bonds. The molecule has 1 saturated carbocycles. The van der Waals surface area contributed by atoms with Crippen molar-refractivity contribution in [3.63, 3.8) is 0 Å². The van der Waals surface area contributed by atoms with Crippen molar-refractivity contribution >= 4 is 40.0 Å². The Kier molecular flexibility index (Phi) is 3.78. The minimum Gasteiger partial charge on any atom is -0.361 e. The summed E-state index contributed by atoms with van der Waals surface area (Å²) < 4.78 is 0. The largest absolute Gasteiger partial charge is 0.361 e. The zero-order valence-corrected chi connectivity index (χ0v) is 14.4. The number of aromatic amines is 1. The molecule has 1 fully saturated rings. The van der Waals surface area contributed by atoms with E-state index in [1.165, 1.54) is 10.9 Å². The van der Waals surface area contributed by atoms with Crippen LogP contribution in [0.25, 0.3) is 10.9 Å². The van der Waals surface area contributed by atoms with E-state index in [2.05, 4.69) is 10.3 Å². The molecule has 24 heavy (non-hydrogen) atoms. The van der Waals surface area contributed by atoms with E-state index in [1.807, 2.05) is 24.4 Å². The number of fused-ring (bicyclic) bond motifs is 1. The third-order valence-electron chi connectivity index (χ3n) is 4.76. The van der Waals surface area contributed by atoms with Gasteiger partial charge in [0.25, 0.3) is 5.91 Å². The molecule has 1 aromatic heterocycles. The van der Waals surface area contributed by atoms with Gasteiger partial charge in [0, 0.05) is 44.7 Å². The molecule has 0 atom stereocenters. The molecule has 2 aromatic carbocycles. The first-order valence-corrected chi connectivity index (χ1v) is 8.64. The molecule has 4 rings (SSSR count). The van der Waals surface area contributed by atoms with Crippen LogP contribution in [0.3, 0.4) is 0 Å². The molecule has 122 valence electrons. The summed E-state index contributed by atoms with van der Waals surface area (Å²) in [5.74, 6) is -0.0687. The fourth-order valence-corrected chi connectivity index (χ4v) is 3.48. The van der Waals surface area contributed by atoms with Crippen LogP contribution in [-0.4, -0.2) is 17.4 Å². The quantitative estimate of drug-likeness (QED) is 0.681. The van der Waals surface area contributed by atoms with Crippen LogP contribution >= 0.6 is 23.2 Å². The van der Waals surface area contributed by atoms with Gasteiger partial charge in [-0.05, 0) is 54.8 Å². The lowest BCUT2D eigenvalue weighted by molar-refractivity contribution is 0.0950. The molecule has 2 N–H and O–H groups in total. The summed E-state index contributed by atoms with van der Waals surface area (Å²) in [6.45, 7) is 0.629. The van der Waals surface area contributed by atoms with Gasteiger partial charge in [-0.2, -0.15) is 0 Å². The Bertz CT molecular complexity index is 911. The van der Waals surface area contributed by atoms with Crippen LogP contribution in [0.2, 0.25) is 10.0 Å². The molecule has 0 aliphatic heterocycles. The fourth-order valence-electron chi connectivity index (χ4n) is 3.18. The maximum Gasteiger partial charge on any atom is 0.251 e. The number of nitrogens with one attached hydrogen (secondary N) is 2. The molecular formula is C19H16Cl2N2O. The molecule has 0 radical (unpaired) electrons. The lowest BCUT2D eigenvalue weighted by Gasteiger charge is -2.16. The summed E-state index contributed by atoms with van der Waals surface area (Å²) in [6, 6.07) is 12.8. The number of aromatic nitrogens is 1. The van der Waals surface area contributed by atoms with E-state index in [0.717, 1.165) is 23.4 Å². The van der Waals surface area contributed by atoms with Gasteiger partial charge >= 0.3 is 0 Å². The highest BCUT2D eigenvalue weighted by atomic mass is 35.5. The fraction of sp³-hybridized carbons (Fsp3) is 0.211. The van der Waals surface area contributed by atoms with Crippen molar-refractivity contribution < 1.29 is 4.79 Å². The first-order valence-electron chi connectivity index (χ1n) is 7.88. The predicted octanol–water partition coefficient (Wildman–Crippen LogP) is 4.94.